The van der Waals surface area contributed by atoms with Crippen molar-refractivity contribution in [2.75, 3.05) is 5.01 Å². The molecule has 0 atom stereocenters. The minimum absolute atomic E-state index is 0.0714. The third-order valence-corrected chi connectivity index (χ3v) is 4.28. The molecule has 5 nitrogen and oxygen atoms in total. The van der Waals surface area contributed by atoms with E-state index < -0.39 is 5.91 Å². The van der Waals surface area contributed by atoms with Crippen LogP contribution >= 0.6 is 0 Å². The van der Waals surface area contributed by atoms with Gasteiger partial charge in [0.25, 0.3) is 5.91 Å². The third kappa shape index (κ3) is 3.79. The first-order valence-corrected chi connectivity index (χ1v) is 8.45. The first kappa shape index (κ1) is 17.8. The van der Waals surface area contributed by atoms with Gasteiger partial charge in [-0.25, -0.2) is 9.40 Å². The molecule has 26 heavy (non-hydrogen) atoms. The van der Waals surface area contributed by atoms with Crippen molar-refractivity contribution >= 4 is 23.2 Å². The molecule has 134 valence electrons. The Morgan fingerprint density at radius 1 is 1.19 bits per heavy atom. The standard InChI is InChI=1S/C20H20FN3O2/c1-13-7-8-14(2)18(11-13)24-19(25)10-9-17(23-24)20(26)22-12-15-5-3-4-6-16(15)21/h3-8,11H,9-10,12H2,1-2H3,(H,22,26). The third-order valence-electron chi connectivity index (χ3n) is 4.28. The molecule has 1 aliphatic heterocycles. The molecule has 6 heteroatoms. The molecule has 1 N–H and O–H groups in total. The van der Waals surface area contributed by atoms with Gasteiger partial charge in [0, 0.05) is 24.9 Å². The van der Waals surface area contributed by atoms with Crippen LogP contribution in [0.1, 0.15) is 29.5 Å². The van der Waals surface area contributed by atoms with Gasteiger partial charge in [-0.15, -0.1) is 0 Å². The lowest BCUT2D eigenvalue weighted by Crippen LogP contribution is -2.39. The van der Waals surface area contributed by atoms with Gasteiger partial charge in [0.1, 0.15) is 11.5 Å². The number of nitrogens with one attached hydrogen (secondary N) is 1. The first-order valence-electron chi connectivity index (χ1n) is 8.45. The number of carbonyl (C=O) groups is 2. The Labute approximate surface area is 151 Å². The van der Waals surface area contributed by atoms with Crippen molar-refractivity contribution in [2.45, 2.75) is 33.2 Å². The van der Waals surface area contributed by atoms with Crippen LogP contribution in [0.5, 0.6) is 0 Å². The molecule has 0 aliphatic carbocycles. The molecule has 2 aromatic carbocycles. The summed E-state index contributed by atoms with van der Waals surface area (Å²) < 4.78 is 13.7. The molecular weight excluding hydrogens is 333 g/mol. The van der Waals surface area contributed by atoms with Crippen molar-refractivity contribution < 1.29 is 14.0 Å². The zero-order valence-corrected chi connectivity index (χ0v) is 14.8. The van der Waals surface area contributed by atoms with Gasteiger partial charge in [-0.3, -0.25) is 9.59 Å². The summed E-state index contributed by atoms with van der Waals surface area (Å²) in [5.41, 5.74) is 3.25. The maximum atomic E-state index is 13.7. The quantitative estimate of drug-likeness (QED) is 0.917. The summed E-state index contributed by atoms with van der Waals surface area (Å²) in [6, 6.07) is 12.0. The van der Waals surface area contributed by atoms with Crippen LogP contribution in [-0.4, -0.2) is 17.5 Å². The molecule has 0 aromatic heterocycles. The Balaban J connectivity index is 1.79. The van der Waals surface area contributed by atoms with E-state index in [0.29, 0.717) is 11.3 Å². The van der Waals surface area contributed by atoms with Gasteiger partial charge in [0.2, 0.25) is 5.91 Å². The van der Waals surface area contributed by atoms with E-state index in [1.165, 1.54) is 11.1 Å². The molecule has 1 aliphatic rings. The number of rotatable bonds is 4. The van der Waals surface area contributed by atoms with Gasteiger partial charge in [0.05, 0.1) is 5.69 Å². The number of anilines is 1. The second-order valence-corrected chi connectivity index (χ2v) is 6.32. The van der Waals surface area contributed by atoms with Gasteiger partial charge in [-0.05, 0) is 37.1 Å². The molecule has 0 saturated carbocycles. The van der Waals surface area contributed by atoms with Crippen molar-refractivity contribution in [1.29, 1.82) is 0 Å². The Bertz CT molecular complexity index is 892. The maximum absolute atomic E-state index is 13.7. The molecular formula is C20H20FN3O2. The highest BCUT2D eigenvalue weighted by Gasteiger charge is 2.26. The molecule has 0 radical (unpaired) electrons. The van der Waals surface area contributed by atoms with E-state index in [0.717, 1.165) is 11.1 Å². The molecule has 0 unspecified atom stereocenters. The largest absolute Gasteiger partial charge is 0.347 e. The predicted octanol–water partition coefficient (Wildman–Crippen LogP) is 3.24. The van der Waals surface area contributed by atoms with Crippen molar-refractivity contribution in [3.63, 3.8) is 0 Å². The fraction of sp³-hybridized carbons (Fsp3) is 0.250. The van der Waals surface area contributed by atoms with Crippen molar-refractivity contribution in [2.24, 2.45) is 5.10 Å². The van der Waals surface area contributed by atoms with Gasteiger partial charge in [0.15, 0.2) is 0 Å². The number of halogens is 1. The molecule has 0 fully saturated rings. The number of carbonyl (C=O) groups excluding carboxylic acids is 2. The summed E-state index contributed by atoms with van der Waals surface area (Å²) in [6.07, 6.45) is 0.475. The van der Waals surface area contributed by atoms with Crippen LogP contribution < -0.4 is 10.3 Å². The van der Waals surface area contributed by atoms with Crippen molar-refractivity contribution in [3.8, 4) is 0 Å². The lowest BCUT2D eigenvalue weighted by molar-refractivity contribution is -0.119. The van der Waals surface area contributed by atoms with Crippen LogP contribution in [0, 0.1) is 19.7 Å². The summed E-state index contributed by atoms with van der Waals surface area (Å²) in [6.45, 7) is 3.90. The molecule has 2 aromatic rings. The molecule has 0 bridgehead atoms. The minimum atomic E-state index is -0.393. The lowest BCUT2D eigenvalue weighted by atomic mass is 10.1. The van der Waals surface area contributed by atoms with Crippen LogP contribution in [0.25, 0.3) is 0 Å². The smallest absolute Gasteiger partial charge is 0.267 e. The summed E-state index contributed by atoms with van der Waals surface area (Å²) in [5.74, 6) is -0.911. The van der Waals surface area contributed by atoms with Gasteiger partial charge in [-0.2, -0.15) is 5.10 Å². The normalized spacial score (nSPS) is 14.2. The van der Waals surface area contributed by atoms with Crippen LogP contribution in [0.2, 0.25) is 0 Å². The monoisotopic (exact) mass is 353 g/mol. The van der Waals surface area contributed by atoms with E-state index in [4.69, 9.17) is 0 Å². The molecule has 1 heterocycles. The maximum Gasteiger partial charge on any atom is 0.267 e. The fourth-order valence-electron chi connectivity index (χ4n) is 2.77. The fourth-order valence-corrected chi connectivity index (χ4v) is 2.77. The van der Waals surface area contributed by atoms with E-state index in [1.54, 1.807) is 18.2 Å². The SMILES string of the molecule is Cc1ccc(C)c(N2N=C(C(=O)NCc3ccccc3F)CCC2=O)c1. The molecule has 2 amide bonds. The average Bonchev–Trinajstić information content (AvgIpc) is 2.63. The second-order valence-electron chi connectivity index (χ2n) is 6.32. The van der Waals surface area contributed by atoms with Crippen LogP contribution in [0.3, 0.4) is 0 Å². The predicted molar refractivity (Wildman–Crippen MR) is 98.3 cm³/mol. The van der Waals surface area contributed by atoms with Gasteiger partial charge < -0.3 is 5.32 Å². The summed E-state index contributed by atoms with van der Waals surface area (Å²) >= 11 is 0. The van der Waals surface area contributed by atoms with E-state index >= 15 is 0 Å². The number of nitrogens with zero attached hydrogens (tertiary/aromatic N) is 2. The number of hydrazone groups is 1. The highest BCUT2D eigenvalue weighted by Crippen LogP contribution is 2.25. The highest BCUT2D eigenvalue weighted by atomic mass is 19.1. The topological polar surface area (TPSA) is 61.8 Å². The number of benzene rings is 2. The first-order chi connectivity index (χ1) is 12.5. The lowest BCUT2D eigenvalue weighted by Gasteiger charge is -2.24. The zero-order chi connectivity index (χ0) is 18.7. The van der Waals surface area contributed by atoms with Crippen LogP contribution in [0.15, 0.2) is 47.6 Å². The average molecular weight is 353 g/mol. The zero-order valence-electron chi connectivity index (χ0n) is 14.8. The summed E-state index contributed by atoms with van der Waals surface area (Å²) in [5, 5.41) is 8.23. The molecule has 3 rings (SSSR count). The minimum Gasteiger partial charge on any atom is -0.347 e. The van der Waals surface area contributed by atoms with Crippen LogP contribution in [0.4, 0.5) is 10.1 Å². The second kappa shape index (κ2) is 7.47. The summed E-state index contributed by atoms with van der Waals surface area (Å²) in [4.78, 5) is 24.7. The summed E-state index contributed by atoms with van der Waals surface area (Å²) in [7, 11) is 0. The molecule has 0 saturated heterocycles. The Morgan fingerprint density at radius 2 is 1.96 bits per heavy atom. The van der Waals surface area contributed by atoms with E-state index in [9.17, 15) is 14.0 Å². The van der Waals surface area contributed by atoms with Gasteiger partial charge in [-0.1, -0.05) is 30.3 Å². The Kier molecular flexibility index (Phi) is 5.11. The number of amides is 2. The number of aryl methyl sites for hydroxylation is 2. The van der Waals surface area contributed by atoms with Crippen molar-refractivity contribution in [1.82, 2.24) is 5.32 Å². The highest BCUT2D eigenvalue weighted by molar-refractivity contribution is 6.40. The van der Waals surface area contributed by atoms with E-state index in [2.05, 4.69) is 10.4 Å². The van der Waals surface area contributed by atoms with E-state index in [1.807, 2.05) is 32.0 Å². The number of hydrogen-bond acceptors (Lipinski definition) is 3. The Morgan fingerprint density at radius 3 is 2.73 bits per heavy atom. The van der Waals surface area contributed by atoms with Crippen molar-refractivity contribution in [3.05, 3.63) is 65.0 Å². The van der Waals surface area contributed by atoms with E-state index in [-0.39, 0.29) is 36.8 Å². The van der Waals surface area contributed by atoms with Gasteiger partial charge >= 0.3 is 0 Å². The number of hydrogen-bond donors (Lipinski definition) is 1. The van der Waals surface area contributed by atoms with Crippen LogP contribution in [-0.2, 0) is 16.1 Å². The molecule has 0 spiro atoms. The Hall–Kier alpha value is -3.02.